The summed E-state index contributed by atoms with van der Waals surface area (Å²) in [5.41, 5.74) is 4.82. The van der Waals surface area contributed by atoms with Gasteiger partial charge in [-0.25, -0.2) is 0 Å². The molecule has 0 heterocycles. The number of benzene rings is 4. The van der Waals surface area contributed by atoms with Crippen LogP contribution in [-0.2, 0) is 4.79 Å². The topological polar surface area (TPSA) is 41.1 Å². The first kappa shape index (κ1) is 25.2. The summed E-state index contributed by atoms with van der Waals surface area (Å²) < 4.78 is 0. The Balaban J connectivity index is 0.00000324. The summed E-state index contributed by atoms with van der Waals surface area (Å²) in [6.07, 6.45) is 0.848. The van der Waals surface area contributed by atoms with E-state index in [0.29, 0.717) is 6.54 Å². The zero-order valence-electron chi connectivity index (χ0n) is 19.1. The SMILES string of the molecule is Cl.O=C(CNC(c1ccccc1)c1ccccc1)NCCC(c1ccccc1)c1ccccc1. The van der Waals surface area contributed by atoms with Gasteiger partial charge in [-0.05, 0) is 28.7 Å². The minimum atomic E-state index is -0.0282. The van der Waals surface area contributed by atoms with E-state index in [-0.39, 0.29) is 36.8 Å². The lowest BCUT2D eigenvalue weighted by atomic mass is 9.88. The van der Waals surface area contributed by atoms with Gasteiger partial charge in [-0.15, -0.1) is 12.4 Å². The third kappa shape index (κ3) is 7.05. The van der Waals surface area contributed by atoms with Gasteiger partial charge in [-0.1, -0.05) is 121 Å². The van der Waals surface area contributed by atoms with Crippen molar-refractivity contribution in [1.29, 1.82) is 0 Å². The highest BCUT2D eigenvalue weighted by molar-refractivity contribution is 5.85. The van der Waals surface area contributed by atoms with E-state index in [1.807, 2.05) is 48.5 Å². The highest BCUT2D eigenvalue weighted by atomic mass is 35.5. The molecular formula is C30H31ClN2O. The molecule has 0 saturated heterocycles. The van der Waals surface area contributed by atoms with E-state index in [0.717, 1.165) is 17.5 Å². The molecule has 3 nitrogen and oxygen atoms in total. The molecule has 174 valence electrons. The predicted octanol–water partition coefficient (Wildman–Crippen LogP) is 6.13. The molecule has 4 aromatic carbocycles. The lowest BCUT2D eigenvalue weighted by Crippen LogP contribution is -2.36. The van der Waals surface area contributed by atoms with Crippen LogP contribution in [0.1, 0.15) is 40.6 Å². The summed E-state index contributed by atoms with van der Waals surface area (Å²) >= 11 is 0. The Morgan fingerprint density at radius 3 is 1.38 bits per heavy atom. The first-order chi connectivity index (χ1) is 16.3. The average molecular weight is 471 g/mol. The molecule has 0 bridgehead atoms. The summed E-state index contributed by atoms with van der Waals surface area (Å²) in [7, 11) is 0. The number of amides is 1. The largest absolute Gasteiger partial charge is 0.355 e. The van der Waals surface area contributed by atoms with Crippen molar-refractivity contribution in [2.24, 2.45) is 0 Å². The lowest BCUT2D eigenvalue weighted by Gasteiger charge is -2.21. The molecule has 0 spiro atoms. The first-order valence-electron chi connectivity index (χ1n) is 11.5. The number of hydrogen-bond donors (Lipinski definition) is 2. The van der Waals surface area contributed by atoms with Crippen LogP contribution in [0, 0.1) is 0 Å². The fourth-order valence-electron chi connectivity index (χ4n) is 4.23. The Hall–Kier alpha value is -3.40. The van der Waals surface area contributed by atoms with E-state index in [1.165, 1.54) is 11.1 Å². The fourth-order valence-corrected chi connectivity index (χ4v) is 4.23. The zero-order chi connectivity index (χ0) is 22.7. The van der Waals surface area contributed by atoms with Crippen molar-refractivity contribution in [3.63, 3.8) is 0 Å². The Morgan fingerprint density at radius 1 is 0.588 bits per heavy atom. The van der Waals surface area contributed by atoms with Gasteiger partial charge in [-0.3, -0.25) is 10.1 Å². The van der Waals surface area contributed by atoms with Crippen molar-refractivity contribution in [2.75, 3.05) is 13.1 Å². The van der Waals surface area contributed by atoms with Gasteiger partial charge in [0.2, 0.25) is 5.91 Å². The van der Waals surface area contributed by atoms with Gasteiger partial charge in [-0.2, -0.15) is 0 Å². The zero-order valence-corrected chi connectivity index (χ0v) is 20.0. The molecule has 0 aliphatic rings. The summed E-state index contributed by atoms with van der Waals surface area (Å²) in [4.78, 5) is 12.7. The summed E-state index contributed by atoms with van der Waals surface area (Å²) in [5.74, 6) is 0.258. The maximum Gasteiger partial charge on any atom is 0.233 e. The van der Waals surface area contributed by atoms with E-state index in [1.54, 1.807) is 0 Å². The van der Waals surface area contributed by atoms with Crippen molar-refractivity contribution in [1.82, 2.24) is 10.6 Å². The third-order valence-corrected chi connectivity index (χ3v) is 5.89. The molecule has 1 amide bonds. The number of halogens is 1. The van der Waals surface area contributed by atoms with Crippen LogP contribution in [0.25, 0.3) is 0 Å². The normalized spacial score (nSPS) is 10.6. The lowest BCUT2D eigenvalue weighted by molar-refractivity contribution is -0.120. The molecule has 4 rings (SSSR count). The van der Waals surface area contributed by atoms with E-state index >= 15 is 0 Å². The van der Waals surface area contributed by atoms with Gasteiger partial charge in [0.25, 0.3) is 0 Å². The van der Waals surface area contributed by atoms with Crippen LogP contribution < -0.4 is 10.6 Å². The minimum Gasteiger partial charge on any atom is -0.355 e. The van der Waals surface area contributed by atoms with Gasteiger partial charge in [0, 0.05) is 12.5 Å². The molecule has 0 aromatic heterocycles. The van der Waals surface area contributed by atoms with Crippen molar-refractivity contribution >= 4 is 18.3 Å². The Labute approximate surface area is 208 Å². The summed E-state index contributed by atoms with van der Waals surface area (Å²) in [6, 6.07) is 41.4. The van der Waals surface area contributed by atoms with Crippen LogP contribution in [0.2, 0.25) is 0 Å². The van der Waals surface area contributed by atoms with Crippen molar-refractivity contribution in [2.45, 2.75) is 18.4 Å². The molecule has 0 aliphatic heterocycles. The van der Waals surface area contributed by atoms with Crippen LogP contribution in [-0.4, -0.2) is 19.0 Å². The van der Waals surface area contributed by atoms with E-state index in [4.69, 9.17) is 0 Å². The Morgan fingerprint density at radius 2 is 0.971 bits per heavy atom. The number of hydrogen-bond acceptors (Lipinski definition) is 2. The van der Waals surface area contributed by atoms with Gasteiger partial charge >= 0.3 is 0 Å². The van der Waals surface area contributed by atoms with Crippen LogP contribution >= 0.6 is 12.4 Å². The molecule has 0 radical (unpaired) electrons. The smallest absolute Gasteiger partial charge is 0.233 e. The van der Waals surface area contributed by atoms with Gasteiger partial charge in [0.05, 0.1) is 12.6 Å². The van der Waals surface area contributed by atoms with Gasteiger partial charge in [0.1, 0.15) is 0 Å². The average Bonchev–Trinajstić information content (AvgIpc) is 2.89. The minimum absolute atomic E-state index is 0. The molecule has 0 atom stereocenters. The van der Waals surface area contributed by atoms with Crippen molar-refractivity contribution < 1.29 is 4.79 Å². The second-order valence-electron chi connectivity index (χ2n) is 8.15. The quantitative estimate of drug-likeness (QED) is 0.293. The third-order valence-electron chi connectivity index (χ3n) is 5.89. The second kappa shape index (κ2) is 13.3. The standard InChI is InChI=1S/C30H30N2O.ClH/c33-29(23-32-30(26-17-9-3-10-18-26)27-19-11-4-12-20-27)31-22-21-28(24-13-5-1-6-14-24)25-15-7-2-8-16-25;/h1-20,28,30,32H,21-23H2,(H,31,33);1H. The molecule has 0 saturated carbocycles. The van der Waals surface area contributed by atoms with Gasteiger partial charge in [0.15, 0.2) is 0 Å². The van der Waals surface area contributed by atoms with Crippen LogP contribution in [0.15, 0.2) is 121 Å². The highest BCUT2D eigenvalue weighted by Gasteiger charge is 2.16. The molecular weight excluding hydrogens is 440 g/mol. The molecule has 0 unspecified atom stereocenters. The number of carbonyl (C=O) groups excluding carboxylic acids is 1. The molecule has 0 aliphatic carbocycles. The molecule has 4 heteroatoms. The van der Waals surface area contributed by atoms with Crippen LogP contribution in [0.4, 0.5) is 0 Å². The first-order valence-corrected chi connectivity index (χ1v) is 11.5. The molecule has 0 fully saturated rings. The molecule has 34 heavy (non-hydrogen) atoms. The summed E-state index contributed by atoms with van der Waals surface area (Å²) in [6.45, 7) is 0.881. The van der Waals surface area contributed by atoms with Crippen molar-refractivity contribution in [3.05, 3.63) is 144 Å². The van der Waals surface area contributed by atoms with Crippen molar-refractivity contribution in [3.8, 4) is 0 Å². The number of nitrogens with one attached hydrogen (secondary N) is 2. The van der Waals surface area contributed by atoms with E-state index in [2.05, 4.69) is 83.4 Å². The van der Waals surface area contributed by atoms with E-state index in [9.17, 15) is 4.79 Å². The molecule has 4 aromatic rings. The second-order valence-corrected chi connectivity index (χ2v) is 8.15. The number of carbonyl (C=O) groups is 1. The fraction of sp³-hybridized carbons (Fsp3) is 0.167. The monoisotopic (exact) mass is 470 g/mol. The van der Waals surface area contributed by atoms with E-state index < -0.39 is 0 Å². The highest BCUT2D eigenvalue weighted by Crippen LogP contribution is 2.27. The van der Waals surface area contributed by atoms with Crippen LogP contribution in [0.3, 0.4) is 0 Å². The maximum absolute atomic E-state index is 12.7. The van der Waals surface area contributed by atoms with Crippen LogP contribution in [0.5, 0.6) is 0 Å². The maximum atomic E-state index is 12.7. The number of rotatable bonds is 10. The Kier molecular flexibility index (Phi) is 9.90. The predicted molar refractivity (Wildman–Crippen MR) is 142 cm³/mol. The van der Waals surface area contributed by atoms with Gasteiger partial charge < -0.3 is 5.32 Å². The summed E-state index contributed by atoms with van der Waals surface area (Å²) in [5, 5.41) is 6.55. The Bertz CT molecular complexity index is 1030. The molecule has 2 N–H and O–H groups in total.